The molecule has 4 atom stereocenters. The summed E-state index contributed by atoms with van der Waals surface area (Å²) in [6, 6.07) is 15.6. The molecule has 1 saturated heterocycles. The number of unbranched alkanes of at least 4 members (excludes halogenated alkanes) is 2. The molecule has 1 aromatic heterocycles. The highest BCUT2D eigenvalue weighted by atomic mass is 16.7. The molecule has 0 spiro atoms. The van der Waals surface area contributed by atoms with Crippen molar-refractivity contribution in [3.05, 3.63) is 87.5 Å². The normalized spacial score (nSPS) is 18.3. The second-order valence-corrected chi connectivity index (χ2v) is 15.2. The lowest BCUT2D eigenvalue weighted by atomic mass is 9.65. The van der Waals surface area contributed by atoms with Gasteiger partial charge in [0.25, 0.3) is 5.56 Å². The van der Waals surface area contributed by atoms with Gasteiger partial charge in [-0.3, -0.25) is 19.0 Å². The molecule has 3 aliphatic rings. The van der Waals surface area contributed by atoms with E-state index in [0.717, 1.165) is 16.7 Å². The van der Waals surface area contributed by atoms with Crippen molar-refractivity contribution in [2.75, 3.05) is 62.7 Å². The predicted molar refractivity (Wildman–Crippen MR) is 225 cm³/mol. The number of aryl methyl sites for hydroxylation is 1. The number of nitrogens with one attached hydrogen (secondary N) is 1. The number of esters is 1. The second-order valence-electron chi connectivity index (χ2n) is 15.2. The first-order chi connectivity index (χ1) is 30.1. The van der Waals surface area contributed by atoms with E-state index in [1.807, 2.05) is 24.3 Å². The standard InChI is InChI=1S/C46H49N3O13/c1-24-47-32-13-12-27(19-30(32)45(51)49(24)26-17-37(55-4)44(58-7)38(18-26)56-5)59-14-10-8-9-11-39(50)48-42-29-21-34-33(61-23-62-34)20-28(29)40(41-31(42)22-60-46(41)52)25-15-35(53-2)43(57-6)36(16-25)54-3/h12-13,15-21,31,40-42H,8-11,14,22-23H2,1-7H3,(H,48,50)/t31-,40+,41-,42+/m0/s1. The summed E-state index contributed by atoms with van der Waals surface area (Å²) in [5.41, 5.74) is 3.17. The number of amides is 1. The lowest BCUT2D eigenvalue weighted by Gasteiger charge is -2.39. The largest absolute Gasteiger partial charge is 0.494 e. The molecular formula is C46H49N3O13. The third-order valence-electron chi connectivity index (χ3n) is 11.8. The van der Waals surface area contributed by atoms with E-state index in [2.05, 4.69) is 10.3 Å². The Morgan fingerprint density at radius 1 is 0.758 bits per heavy atom. The van der Waals surface area contributed by atoms with Gasteiger partial charge in [-0.15, -0.1) is 0 Å². The molecule has 0 bridgehead atoms. The zero-order valence-electron chi connectivity index (χ0n) is 35.7. The first-order valence-corrected chi connectivity index (χ1v) is 20.3. The molecule has 0 unspecified atom stereocenters. The summed E-state index contributed by atoms with van der Waals surface area (Å²) in [4.78, 5) is 45.8. The fourth-order valence-electron chi connectivity index (χ4n) is 8.89. The van der Waals surface area contributed by atoms with Gasteiger partial charge in [-0.05, 0) is 85.3 Å². The van der Waals surface area contributed by atoms with Gasteiger partial charge in [0.2, 0.25) is 24.2 Å². The zero-order chi connectivity index (χ0) is 43.7. The summed E-state index contributed by atoms with van der Waals surface area (Å²) in [6.45, 7) is 2.34. The molecule has 1 aliphatic carbocycles. The van der Waals surface area contributed by atoms with Crippen molar-refractivity contribution >= 4 is 22.8 Å². The Morgan fingerprint density at radius 3 is 2.02 bits per heavy atom. The molecule has 16 nitrogen and oxygen atoms in total. The van der Waals surface area contributed by atoms with E-state index in [-0.39, 0.29) is 43.2 Å². The number of nitrogens with zero attached hydrogens (tertiary/aromatic N) is 2. The van der Waals surface area contributed by atoms with Crippen molar-refractivity contribution in [3.8, 4) is 57.4 Å². The number of benzene rings is 4. The van der Waals surface area contributed by atoms with Gasteiger partial charge in [0.15, 0.2) is 34.5 Å². The van der Waals surface area contributed by atoms with E-state index in [1.54, 1.807) is 51.5 Å². The number of cyclic esters (lactones) is 1. The molecule has 326 valence electrons. The first kappa shape index (κ1) is 41.9. The average molecular weight is 852 g/mol. The number of carbonyl (C=O) groups is 2. The maximum absolute atomic E-state index is 13.9. The molecule has 1 N–H and O–H groups in total. The SMILES string of the molecule is COc1cc([C@@H]2c3cc4c(cc3[C@@H](NC(=O)CCCCCOc3ccc5nc(C)n(-c6cc(OC)c(OC)c(OC)c6)c(=O)c5c3)[C@H]3COC(=O)[C@H]23)OCO4)cc(OC)c1OC. The molecule has 0 radical (unpaired) electrons. The lowest BCUT2D eigenvalue weighted by molar-refractivity contribution is -0.141. The summed E-state index contributed by atoms with van der Waals surface area (Å²) in [5.74, 6) is 2.78. The van der Waals surface area contributed by atoms with Crippen LogP contribution in [0.25, 0.3) is 16.6 Å². The van der Waals surface area contributed by atoms with Gasteiger partial charge in [0.05, 0.1) is 84.4 Å². The minimum Gasteiger partial charge on any atom is -0.494 e. The van der Waals surface area contributed by atoms with E-state index in [1.165, 1.54) is 33.0 Å². The molecule has 4 aromatic carbocycles. The molecule has 8 rings (SSSR count). The summed E-state index contributed by atoms with van der Waals surface area (Å²) >= 11 is 0. The number of carbonyl (C=O) groups excluding carboxylic acids is 2. The maximum Gasteiger partial charge on any atom is 0.310 e. The van der Waals surface area contributed by atoms with E-state index in [0.29, 0.717) is 100 Å². The van der Waals surface area contributed by atoms with Crippen molar-refractivity contribution in [3.63, 3.8) is 0 Å². The monoisotopic (exact) mass is 851 g/mol. The van der Waals surface area contributed by atoms with Gasteiger partial charge in [-0.2, -0.15) is 0 Å². The van der Waals surface area contributed by atoms with Crippen LogP contribution in [-0.4, -0.2) is 84.1 Å². The fourth-order valence-corrected chi connectivity index (χ4v) is 8.89. The summed E-state index contributed by atoms with van der Waals surface area (Å²) in [5, 5.41) is 3.63. The van der Waals surface area contributed by atoms with Crippen molar-refractivity contribution < 1.29 is 57.0 Å². The molecule has 1 amide bonds. The lowest BCUT2D eigenvalue weighted by Crippen LogP contribution is -2.42. The van der Waals surface area contributed by atoms with Crippen molar-refractivity contribution in [1.82, 2.24) is 14.9 Å². The van der Waals surface area contributed by atoms with Crippen LogP contribution in [-0.2, 0) is 14.3 Å². The molecule has 62 heavy (non-hydrogen) atoms. The molecule has 16 heteroatoms. The van der Waals surface area contributed by atoms with Crippen LogP contribution in [0.15, 0.2) is 59.4 Å². The number of ether oxygens (including phenoxy) is 10. The molecule has 1 fully saturated rings. The second kappa shape index (κ2) is 17.6. The highest BCUT2D eigenvalue weighted by molar-refractivity contribution is 5.82. The van der Waals surface area contributed by atoms with Crippen LogP contribution in [0.2, 0.25) is 0 Å². The minimum atomic E-state index is -0.611. The summed E-state index contributed by atoms with van der Waals surface area (Å²) < 4.78 is 58.2. The minimum absolute atomic E-state index is 0.0662. The Labute approximate surface area is 357 Å². The third-order valence-corrected chi connectivity index (χ3v) is 11.8. The van der Waals surface area contributed by atoms with Gasteiger partial charge in [-0.1, -0.05) is 0 Å². The van der Waals surface area contributed by atoms with Crippen LogP contribution in [0.4, 0.5) is 0 Å². The zero-order valence-corrected chi connectivity index (χ0v) is 35.7. The van der Waals surface area contributed by atoms with E-state index in [9.17, 15) is 14.4 Å². The fraction of sp³-hybridized carbons (Fsp3) is 0.391. The van der Waals surface area contributed by atoms with Crippen LogP contribution in [0.1, 0.15) is 60.2 Å². The Kier molecular flexibility index (Phi) is 11.9. The predicted octanol–water partition coefficient (Wildman–Crippen LogP) is 6.21. The van der Waals surface area contributed by atoms with Crippen LogP contribution < -0.4 is 53.5 Å². The highest BCUT2D eigenvalue weighted by Crippen LogP contribution is 2.55. The Balaban J connectivity index is 0.940. The van der Waals surface area contributed by atoms with Crippen molar-refractivity contribution in [2.24, 2.45) is 11.8 Å². The first-order valence-electron chi connectivity index (χ1n) is 20.3. The summed E-state index contributed by atoms with van der Waals surface area (Å²) in [7, 11) is 9.17. The molecule has 5 aromatic rings. The molecule has 0 saturated carbocycles. The third kappa shape index (κ3) is 7.58. The number of methoxy groups -OCH3 is 6. The van der Waals surface area contributed by atoms with Gasteiger partial charge in [0, 0.05) is 30.4 Å². The van der Waals surface area contributed by atoms with Gasteiger partial charge in [-0.25, -0.2) is 4.98 Å². The van der Waals surface area contributed by atoms with Crippen LogP contribution in [0.5, 0.6) is 51.7 Å². The van der Waals surface area contributed by atoms with Gasteiger partial charge < -0.3 is 52.7 Å². The number of hydrogen-bond donors (Lipinski definition) is 1. The van der Waals surface area contributed by atoms with Crippen molar-refractivity contribution in [1.29, 1.82) is 0 Å². The van der Waals surface area contributed by atoms with Gasteiger partial charge in [0.1, 0.15) is 11.6 Å². The average Bonchev–Trinajstić information content (AvgIpc) is 3.91. The Bertz CT molecular complexity index is 2540. The number of aromatic nitrogens is 2. The van der Waals surface area contributed by atoms with Crippen LogP contribution >= 0.6 is 0 Å². The highest BCUT2D eigenvalue weighted by Gasteiger charge is 2.53. The number of fused-ring (bicyclic) bond motifs is 4. The number of hydrogen-bond acceptors (Lipinski definition) is 14. The molecular weight excluding hydrogens is 803 g/mol. The van der Waals surface area contributed by atoms with Crippen LogP contribution in [0, 0.1) is 18.8 Å². The molecule has 2 aliphatic heterocycles. The smallest absolute Gasteiger partial charge is 0.310 e. The summed E-state index contributed by atoms with van der Waals surface area (Å²) in [6.07, 6.45) is 2.26. The van der Waals surface area contributed by atoms with E-state index < -0.39 is 17.9 Å². The van der Waals surface area contributed by atoms with E-state index in [4.69, 9.17) is 47.4 Å². The topological polar surface area (TPSA) is 173 Å². The Hall–Kier alpha value is -6.84. The molecule has 3 heterocycles. The maximum atomic E-state index is 13.9. The van der Waals surface area contributed by atoms with E-state index >= 15 is 0 Å². The van der Waals surface area contributed by atoms with Gasteiger partial charge >= 0.3 is 5.97 Å². The van der Waals surface area contributed by atoms with Crippen molar-refractivity contribution in [2.45, 2.75) is 44.6 Å². The Morgan fingerprint density at radius 2 is 1.39 bits per heavy atom. The number of rotatable bonds is 16. The van der Waals surface area contributed by atoms with Crippen LogP contribution in [0.3, 0.4) is 0 Å². The quantitative estimate of drug-likeness (QED) is 0.0878.